The van der Waals surface area contributed by atoms with Gasteiger partial charge in [-0.05, 0) is 49.8 Å². The summed E-state index contributed by atoms with van der Waals surface area (Å²) in [7, 11) is 0. The van der Waals surface area contributed by atoms with Crippen molar-refractivity contribution in [3.05, 3.63) is 29.6 Å². The van der Waals surface area contributed by atoms with E-state index >= 15 is 0 Å². The molecular formula is C14H16FNO2. The molecule has 2 fully saturated rings. The van der Waals surface area contributed by atoms with E-state index < -0.39 is 11.8 Å². The molecule has 96 valence electrons. The zero-order valence-electron chi connectivity index (χ0n) is 10.1. The van der Waals surface area contributed by atoms with Gasteiger partial charge in [0.1, 0.15) is 5.82 Å². The Balaban J connectivity index is 1.86. The molecule has 2 saturated carbocycles. The minimum absolute atomic E-state index is 0.0124. The second kappa shape index (κ2) is 4.26. The molecule has 0 radical (unpaired) electrons. The van der Waals surface area contributed by atoms with Crippen LogP contribution in [0.5, 0.6) is 0 Å². The molecule has 1 N–H and O–H groups in total. The number of carbonyl (C=O) groups is 1. The highest BCUT2D eigenvalue weighted by Gasteiger charge is 2.35. The first-order valence-electron chi connectivity index (χ1n) is 6.44. The molecule has 0 spiro atoms. The molecular weight excluding hydrogens is 233 g/mol. The molecule has 0 amide bonds. The van der Waals surface area contributed by atoms with Crippen LogP contribution in [0.15, 0.2) is 18.2 Å². The summed E-state index contributed by atoms with van der Waals surface area (Å²) in [5.74, 6) is -0.799. The van der Waals surface area contributed by atoms with Crippen molar-refractivity contribution in [3.8, 4) is 0 Å². The third kappa shape index (κ3) is 2.33. The number of hydrogen-bond donors (Lipinski definition) is 1. The fourth-order valence-electron chi connectivity index (χ4n) is 2.28. The van der Waals surface area contributed by atoms with Crippen LogP contribution < -0.4 is 4.90 Å². The summed E-state index contributed by atoms with van der Waals surface area (Å²) in [6.45, 7) is 0.911. The molecule has 0 aromatic heterocycles. The van der Waals surface area contributed by atoms with Gasteiger partial charge in [0.15, 0.2) is 0 Å². The fourth-order valence-corrected chi connectivity index (χ4v) is 2.28. The summed E-state index contributed by atoms with van der Waals surface area (Å²) in [4.78, 5) is 12.9. The monoisotopic (exact) mass is 249 g/mol. The smallest absolute Gasteiger partial charge is 0.335 e. The van der Waals surface area contributed by atoms with Crippen molar-refractivity contribution >= 4 is 11.7 Å². The predicted molar refractivity (Wildman–Crippen MR) is 66.5 cm³/mol. The molecule has 0 heterocycles. The van der Waals surface area contributed by atoms with Crippen LogP contribution in [0.25, 0.3) is 0 Å². The third-order valence-electron chi connectivity index (χ3n) is 3.64. The second-order valence-electron chi connectivity index (χ2n) is 5.30. The first-order chi connectivity index (χ1) is 8.65. The lowest BCUT2D eigenvalue weighted by atomic mass is 10.1. The molecule has 0 saturated heterocycles. The molecule has 4 heteroatoms. The summed E-state index contributed by atoms with van der Waals surface area (Å²) in [6.07, 6.45) is 4.70. The maximum absolute atomic E-state index is 14.0. The molecule has 0 atom stereocenters. The number of carboxylic acids is 1. The summed E-state index contributed by atoms with van der Waals surface area (Å²) < 4.78 is 14.0. The van der Waals surface area contributed by atoms with E-state index in [1.54, 1.807) is 6.07 Å². The number of carboxylic acid groups (broad SMARTS) is 1. The minimum atomic E-state index is -1.08. The van der Waals surface area contributed by atoms with Gasteiger partial charge in [-0.25, -0.2) is 9.18 Å². The average Bonchev–Trinajstić information content (AvgIpc) is 3.19. The van der Waals surface area contributed by atoms with Gasteiger partial charge >= 0.3 is 5.97 Å². The lowest BCUT2D eigenvalue weighted by Gasteiger charge is -2.25. The Hall–Kier alpha value is -1.58. The first kappa shape index (κ1) is 11.5. The van der Waals surface area contributed by atoms with E-state index in [4.69, 9.17) is 5.11 Å². The zero-order valence-corrected chi connectivity index (χ0v) is 10.1. The Labute approximate surface area is 105 Å². The Kier molecular flexibility index (Phi) is 2.73. The molecule has 0 unspecified atom stereocenters. The lowest BCUT2D eigenvalue weighted by Crippen LogP contribution is -2.29. The number of nitrogens with zero attached hydrogens (tertiary/aromatic N) is 1. The van der Waals surface area contributed by atoms with Crippen molar-refractivity contribution < 1.29 is 14.3 Å². The van der Waals surface area contributed by atoms with E-state index in [-0.39, 0.29) is 5.56 Å². The van der Waals surface area contributed by atoms with Gasteiger partial charge in [0.05, 0.1) is 11.3 Å². The van der Waals surface area contributed by atoms with E-state index in [0.717, 1.165) is 25.5 Å². The van der Waals surface area contributed by atoms with E-state index in [9.17, 15) is 9.18 Å². The van der Waals surface area contributed by atoms with Gasteiger partial charge in [-0.1, -0.05) is 0 Å². The van der Waals surface area contributed by atoms with Gasteiger partial charge in [-0.3, -0.25) is 0 Å². The number of benzene rings is 1. The maximum atomic E-state index is 14.0. The number of aromatic carboxylic acids is 1. The van der Waals surface area contributed by atoms with E-state index in [2.05, 4.69) is 4.90 Å². The molecule has 0 bridgehead atoms. The van der Waals surface area contributed by atoms with E-state index in [1.807, 2.05) is 0 Å². The normalized spacial score (nSPS) is 18.7. The van der Waals surface area contributed by atoms with Crippen molar-refractivity contribution in [2.45, 2.75) is 31.7 Å². The van der Waals surface area contributed by atoms with Crippen LogP contribution in [0.1, 0.15) is 36.0 Å². The van der Waals surface area contributed by atoms with E-state index in [1.165, 1.54) is 18.9 Å². The minimum Gasteiger partial charge on any atom is -0.478 e. The zero-order chi connectivity index (χ0) is 12.7. The summed E-state index contributed by atoms with van der Waals surface area (Å²) in [5, 5.41) is 8.84. The molecule has 2 aliphatic rings. The highest BCUT2D eigenvalue weighted by Crippen LogP contribution is 2.38. The lowest BCUT2D eigenvalue weighted by molar-refractivity contribution is 0.0696. The molecule has 2 aliphatic carbocycles. The molecule has 3 rings (SSSR count). The average molecular weight is 249 g/mol. The highest BCUT2D eigenvalue weighted by molar-refractivity contribution is 5.88. The van der Waals surface area contributed by atoms with Gasteiger partial charge < -0.3 is 10.0 Å². The molecule has 0 aliphatic heterocycles. The van der Waals surface area contributed by atoms with Crippen molar-refractivity contribution in [2.75, 3.05) is 11.4 Å². The van der Waals surface area contributed by atoms with Crippen molar-refractivity contribution in [2.24, 2.45) is 5.92 Å². The van der Waals surface area contributed by atoms with Crippen LogP contribution in [-0.2, 0) is 0 Å². The van der Waals surface area contributed by atoms with Crippen LogP contribution in [0.3, 0.4) is 0 Å². The van der Waals surface area contributed by atoms with Crippen LogP contribution in [-0.4, -0.2) is 23.7 Å². The van der Waals surface area contributed by atoms with Crippen LogP contribution in [0, 0.1) is 11.7 Å². The summed E-state index contributed by atoms with van der Waals surface area (Å²) >= 11 is 0. The molecule has 1 aromatic carbocycles. The topological polar surface area (TPSA) is 40.5 Å². The Morgan fingerprint density at radius 3 is 2.56 bits per heavy atom. The van der Waals surface area contributed by atoms with Crippen LogP contribution in [0.2, 0.25) is 0 Å². The largest absolute Gasteiger partial charge is 0.478 e. The predicted octanol–water partition coefficient (Wildman–Crippen LogP) is 2.90. The van der Waals surface area contributed by atoms with Crippen LogP contribution >= 0.6 is 0 Å². The summed E-state index contributed by atoms with van der Waals surface area (Å²) in [5.41, 5.74) is 0.577. The Morgan fingerprint density at radius 2 is 2.06 bits per heavy atom. The molecule has 1 aromatic rings. The second-order valence-corrected chi connectivity index (χ2v) is 5.30. The van der Waals surface area contributed by atoms with Gasteiger partial charge in [0.25, 0.3) is 0 Å². The van der Waals surface area contributed by atoms with E-state index in [0.29, 0.717) is 17.6 Å². The van der Waals surface area contributed by atoms with Gasteiger partial charge in [-0.15, -0.1) is 0 Å². The van der Waals surface area contributed by atoms with Gasteiger partial charge in [0.2, 0.25) is 0 Å². The van der Waals surface area contributed by atoms with Gasteiger partial charge in [-0.2, -0.15) is 0 Å². The molecule has 18 heavy (non-hydrogen) atoms. The third-order valence-corrected chi connectivity index (χ3v) is 3.64. The first-order valence-corrected chi connectivity index (χ1v) is 6.44. The number of anilines is 1. The van der Waals surface area contributed by atoms with Crippen LogP contribution in [0.4, 0.5) is 10.1 Å². The van der Waals surface area contributed by atoms with Crippen molar-refractivity contribution in [1.82, 2.24) is 0 Å². The number of halogens is 1. The van der Waals surface area contributed by atoms with Crippen molar-refractivity contribution in [3.63, 3.8) is 0 Å². The SMILES string of the molecule is O=C(O)c1ccc(N(CC2CC2)C2CC2)c(F)c1. The maximum Gasteiger partial charge on any atom is 0.335 e. The van der Waals surface area contributed by atoms with Gasteiger partial charge in [0, 0.05) is 12.6 Å². The highest BCUT2D eigenvalue weighted by atomic mass is 19.1. The molecule has 3 nitrogen and oxygen atoms in total. The Bertz CT molecular complexity index is 481. The van der Waals surface area contributed by atoms with Crippen molar-refractivity contribution in [1.29, 1.82) is 0 Å². The number of hydrogen-bond acceptors (Lipinski definition) is 2. The summed E-state index contributed by atoms with van der Waals surface area (Å²) in [6, 6.07) is 4.68. The standard InChI is InChI=1S/C14H16FNO2/c15-12-7-10(14(17)18)3-6-13(12)16(11-4-5-11)8-9-1-2-9/h3,6-7,9,11H,1-2,4-5,8H2,(H,17,18). The quantitative estimate of drug-likeness (QED) is 0.872. The Morgan fingerprint density at radius 1 is 1.33 bits per heavy atom. The fraction of sp³-hybridized carbons (Fsp3) is 0.500. The number of rotatable bonds is 5.